The lowest BCUT2D eigenvalue weighted by Crippen LogP contribution is -2.18. The zero-order valence-electron chi connectivity index (χ0n) is 15.0. The predicted octanol–water partition coefficient (Wildman–Crippen LogP) is 5.03. The van der Waals surface area contributed by atoms with Crippen LogP contribution in [0.1, 0.15) is 29.5 Å². The Kier molecular flexibility index (Phi) is 4.31. The van der Waals surface area contributed by atoms with E-state index in [1.807, 2.05) is 12.1 Å². The fourth-order valence-corrected chi connectivity index (χ4v) is 3.46. The third-order valence-electron chi connectivity index (χ3n) is 4.99. The molecule has 3 aromatic rings. The van der Waals surface area contributed by atoms with Crippen molar-refractivity contribution in [2.45, 2.75) is 33.3 Å². The monoisotopic (exact) mass is 332 g/mol. The second-order valence-electron chi connectivity index (χ2n) is 6.91. The van der Waals surface area contributed by atoms with Crippen LogP contribution in [0.25, 0.3) is 10.9 Å². The first-order chi connectivity index (χ1) is 12.2. The van der Waals surface area contributed by atoms with Gasteiger partial charge in [0.05, 0.1) is 0 Å². The van der Waals surface area contributed by atoms with Gasteiger partial charge in [-0.3, -0.25) is 0 Å². The van der Waals surface area contributed by atoms with Gasteiger partial charge in [0, 0.05) is 18.5 Å². The molecule has 1 aliphatic heterocycles. The highest BCUT2D eigenvalue weighted by molar-refractivity contribution is 5.86. The molecule has 128 valence electrons. The number of ether oxygens (including phenoxy) is 1. The molecule has 0 amide bonds. The standard InChI is InChI=1S/C22H24N2O/c1-16-8-9-17(2)19(14-16)15-25-20-7-5-6-18-10-11-21(23-22(18)20)24-12-3-4-13-24/h5-11,14H,3-4,12-13,15H2,1-2H3. The van der Waals surface area contributed by atoms with Gasteiger partial charge in [-0.2, -0.15) is 0 Å². The summed E-state index contributed by atoms with van der Waals surface area (Å²) in [6.45, 7) is 7.02. The first-order valence-electron chi connectivity index (χ1n) is 9.04. The number of pyridine rings is 1. The number of benzene rings is 2. The van der Waals surface area contributed by atoms with Crippen LogP contribution in [0.5, 0.6) is 5.75 Å². The lowest BCUT2D eigenvalue weighted by molar-refractivity contribution is 0.308. The highest BCUT2D eigenvalue weighted by Crippen LogP contribution is 2.28. The SMILES string of the molecule is Cc1ccc(C)c(COc2cccc3ccc(N4CCCC4)nc23)c1. The Labute approximate surface area is 149 Å². The first kappa shape index (κ1) is 15.9. The largest absolute Gasteiger partial charge is 0.487 e. The molecule has 2 aromatic carbocycles. The van der Waals surface area contributed by atoms with E-state index in [1.165, 1.54) is 29.5 Å². The summed E-state index contributed by atoms with van der Waals surface area (Å²) in [6, 6.07) is 16.9. The van der Waals surface area contributed by atoms with E-state index in [4.69, 9.17) is 9.72 Å². The Balaban J connectivity index is 1.64. The van der Waals surface area contributed by atoms with Gasteiger partial charge in [0.2, 0.25) is 0 Å². The number of fused-ring (bicyclic) bond motifs is 1. The zero-order valence-corrected chi connectivity index (χ0v) is 15.0. The normalized spacial score (nSPS) is 14.2. The molecule has 1 aromatic heterocycles. The first-order valence-corrected chi connectivity index (χ1v) is 9.04. The van der Waals surface area contributed by atoms with Crippen LogP contribution in [-0.2, 0) is 6.61 Å². The number of para-hydroxylation sites is 1. The summed E-state index contributed by atoms with van der Waals surface area (Å²) in [5.41, 5.74) is 4.71. The van der Waals surface area contributed by atoms with Gasteiger partial charge < -0.3 is 9.64 Å². The fraction of sp³-hybridized carbons (Fsp3) is 0.318. The van der Waals surface area contributed by atoms with Crippen molar-refractivity contribution in [3.8, 4) is 5.75 Å². The van der Waals surface area contributed by atoms with E-state index in [-0.39, 0.29) is 0 Å². The minimum absolute atomic E-state index is 0.572. The van der Waals surface area contributed by atoms with Gasteiger partial charge in [-0.05, 0) is 56.0 Å². The highest BCUT2D eigenvalue weighted by atomic mass is 16.5. The van der Waals surface area contributed by atoms with Crippen LogP contribution in [0.15, 0.2) is 48.5 Å². The molecule has 1 saturated heterocycles. The maximum atomic E-state index is 6.18. The van der Waals surface area contributed by atoms with Gasteiger partial charge in [-0.1, -0.05) is 35.9 Å². The van der Waals surface area contributed by atoms with Gasteiger partial charge in [-0.25, -0.2) is 4.98 Å². The number of hydrogen-bond donors (Lipinski definition) is 0. The van der Waals surface area contributed by atoms with E-state index < -0.39 is 0 Å². The Bertz CT molecular complexity index is 898. The summed E-state index contributed by atoms with van der Waals surface area (Å²) < 4.78 is 6.18. The third kappa shape index (κ3) is 3.32. The maximum Gasteiger partial charge on any atom is 0.146 e. The quantitative estimate of drug-likeness (QED) is 0.670. The molecule has 1 aliphatic rings. The van der Waals surface area contributed by atoms with Crippen molar-refractivity contribution < 1.29 is 4.74 Å². The van der Waals surface area contributed by atoms with Crippen molar-refractivity contribution in [3.63, 3.8) is 0 Å². The topological polar surface area (TPSA) is 25.4 Å². The van der Waals surface area contributed by atoms with E-state index >= 15 is 0 Å². The predicted molar refractivity (Wildman–Crippen MR) is 103 cm³/mol. The second-order valence-corrected chi connectivity index (χ2v) is 6.91. The fourth-order valence-electron chi connectivity index (χ4n) is 3.46. The van der Waals surface area contributed by atoms with Crippen LogP contribution in [0.4, 0.5) is 5.82 Å². The Hall–Kier alpha value is -2.55. The molecule has 0 radical (unpaired) electrons. The van der Waals surface area contributed by atoms with Gasteiger partial charge in [-0.15, -0.1) is 0 Å². The van der Waals surface area contributed by atoms with E-state index in [0.29, 0.717) is 6.61 Å². The number of nitrogens with zero attached hydrogens (tertiary/aromatic N) is 2. The average Bonchev–Trinajstić information content (AvgIpc) is 3.17. The van der Waals surface area contributed by atoms with E-state index in [9.17, 15) is 0 Å². The van der Waals surface area contributed by atoms with Crippen molar-refractivity contribution in [1.82, 2.24) is 4.98 Å². The molecule has 0 spiro atoms. The molecule has 0 saturated carbocycles. The Morgan fingerprint density at radius 1 is 1.00 bits per heavy atom. The van der Waals surface area contributed by atoms with Crippen molar-refractivity contribution in [2.75, 3.05) is 18.0 Å². The molecule has 0 atom stereocenters. The van der Waals surface area contributed by atoms with Crippen molar-refractivity contribution >= 4 is 16.7 Å². The van der Waals surface area contributed by atoms with Crippen molar-refractivity contribution in [1.29, 1.82) is 0 Å². The molecule has 1 fully saturated rings. The lowest BCUT2D eigenvalue weighted by Gasteiger charge is -2.17. The van der Waals surface area contributed by atoms with Crippen LogP contribution >= 0.6 is 0 Å². The number of aryl methyl sites for hydroxylation is 2. The van der Waals surface area contributed by atoms with Crippen LogP contribution in [0.3, 0.4) is 0 Å². The number of hydrogen-bond acceptors (Lipinski definition) is 3. The van der Waals surface area contributed by atoms with Gasteiger partial charge in [0.1, 0.15) is 23.7 Å². The summed E-state index contributed by atoms with van der Waals surface area (Å²) in [6.07, 6.45) is 2.51. The molecule has 25 heavy (non-hydrogen) atoms. The number of anilines is 1. The number of rotatable bonds is 4. The Morgan fingerprint density at radius 2 is 1.84 bits per heavy atom. The lowest BCUT2D eigenvalue weighted by atomic mass is 10.1. The molecule has 0 N–H and O–H groups in total. The minimum atomic E-state index is 0.572. The molecule has 3 nitrogen and oxygen atoms in total. The zero-order chi connectivity index (χ0) is 17.2. The summed E-state index contributed by atoms with van der Waals surface area (Å²) in [5.74, 6) is 1.92. The van der Waals surface area contributed by atoms with E-state index in [1.54, 1.807) is 0 Å². The van der Waals surface area contributed by atoms with Crippen LogP contribution < -0.4 is 9.64 Å². The third-order valence-corrected chi connectivity index (χ3v) is 4.99. The molecule has 0 aliphatic carbocycles. The van der Waals surface area contributed by atoms with Crippen LogP contribution in [-0.4, -0.2) is 18.1 Å². The molecular formula is C22H24N2O. The molecule has 0 unspecified atom stereocenters. The smallest absolute Gasteiger partial charge is 0.146 e. The van der Waals surface area contributed by atoms with Gasteiger partial charge >= 0.3 is 0 Å². The van der Waals surface area contributed by atoms with Crippen molar-refractivity contribution in [2.24, 2.45) is 0 Å². The summed E-state index contributed by atoms with van der Waals surface area (Å²) in [4.78, 5) is 7.27. The van der Waals surface area contributed by atoms with Crippen LogP contribution in [0, 0.1) is 13.8 Å². The average molecular weight is 332 g/mol. The number of aromatic nitrogens is 1. The molecule has 2 heterocycles. The highest BCUT2D eigenvalue weighted by Gasteiger charge is 2.15. The van der Waals surface area contributed by atoms with Gasteiger partial charge in [0.25, 0.3) is 0 Å². The molecule has 3 heteroatoms. The summed E-state index contributed by atoms with van der Waals surface area (Å²) in [7, 11) is 0. The maximum absolute atomic E-state index is 6.18. The van der Waals surface area contributed by atoms with Gasteiger partial charge in [0.15, 0.2) is 0 Å². The molecule has 4 rings (SSSR count). The van der Waals surface area contributed by atoms with Crippen LogP contribution in [0.2, 0.25) is 0 Å². The second kappa shape index (κ2) is 6.75. The van der Waals surface area contributed by atoms with Crippen molar-refractivity contribution in [3.05, 3.63) is 65.2 Å². The Morgan fingerprint density at radius 3 is 2.68 bits per heavy atom. The molecular weight excluding hydrogens is 308 g/mol. The van der Waals surface area contributed by atoms with E-state index in [0.717, 1.165) is 35.6 Å². The minimum Gasteiger partial charge on any atom is -0.487 e. The summed E-state index contributed by atoms with van der Waals surface area (Å²) in [5, 5.41) is 1.13. The molecule has 0 bridgehead atoms. The summed E-state index contributed by atoms with van der Waals surface area (Å²) >= 11 is 0. The van der Waals surface area contributed by atoms with E-state index in [2.05, 4.69) is 55.1 Å².